The largest absolute Gasteiger partial charge is 0.494 e. The third kappa shape index (κ3) is 5.39. The molecule has 0 saturated carbocycles. The number of amides is 1. The quantitative estimate of drug-likeness (QED) is 0.365. The summed E-state index contributed by atoms with van der Waals surface area (Å²) in [5.41, 5.74) is 1.96. The molecule has 2 aromatic carbocycles. The van der Waals surface area contributed by atoms with Crippen molar-refractivity contribution in [1.29, 1.82) is 0 Å². The van der Waals surface area contributed by atoms with Crippen LogP contribution in [0.1, 0.15) is 36.3 Å². The molecule has 1 heterocycles. The second-order valence-corrected chi connectivity index (χ2v) is 7.15. The first kappa shape index (κ1) is 20.5. The summed E-state index contributed by atoms with van der Waals surface area (Å²) < 4.78 is 5.53. The number of ketones is 1. The lowest BCUT2D eigenvalue weighted by Gasteiger charge is -2.17. The molecule has 0 aliphatic heterocycles. The molecular weight excluding hydrogens is 384 g/mol. The molecule has 0 spiro atoms. The Kier molecular flexibility index (Phi) is 6.92. The Hall–Kier alpha value is -3.25. The Morgan fingerprint density at radius 1 is 1.10 bits per heavy atom. The first-order valence-electron chi connectivity index (χ1n) is 9.35. The number of benzene rings is 2. The molecule has 0 N–H and O–H groups in total. The van der Waals surface area contributed by atoms with Crippen LogP contribution in [0.3, 0.4) is 0 Å². The van der Waals surface area contributed by atoms with Crippen LogP contribution in [-0.4, -0.2) is 23.3 Å². The fraction of sp³-hybridized carbons (Fsp3) is 0.174. The van der Waals surface area contributed by atoms with Gasteiger partial charge in [0.05, 0.1) is 18.0 Å². The Morgan fingerprint density at radius 3 is 2.48 bits per heavy atom. The highest BCUT2D eigenvalue weighted by Gasteiger charge is 2.17. The van der Waals surface area contributed by atoms with E-state index in [1.54, 1.807) is 35.2 Å². The van der Waals surface area contributed by atoms with E-state index in [1.165, 1.54) is 24.3 Å². The van der Waals surface area contributed by atoms with Gasteiger partial charge in [-0.2, -0.15) is 0 Å². The molecule has 0 fully saturated rings. The van der Waals surface area contributed by atoms with Gasteiger partial charge in [0.2, 0.25) is 5.91 Å². The van der Waals surface area contributed by atoms with E-state index in [1.807, 2.05) is 42.6 Å². The zero-order valence-corrected chi connectivity index (χ0v) is 17.2. The van der Waals surface area contributed by atoms with Crippen molar-refractivity contribution in [3.63, 3.8) is 0 Å². The van der Waals surface area contributed by atoms with Gasteiger partial charge in [0.15, 0.2) is 10.9 Å². The summed E-state index contributed by atoms with van der Waals surface area (Å²) in [6.45, 7) is 4.20. The van der Waals surface area contributed by atoms with Gasteiger partial charge in [0.25, 0.3) is 0 Å². The second kappa shape index (κ2) is 9.80. The van der Waals surface area contributed by atoms with Crippen LogP contribution in [0.25, 0.3) is 6.08 Å². The number of carbonyl (C=O) groups excluding carboxylic acids is 2. The van der Waals surface area contributed by atoms with Crippen LogP contribution in [0.5, 0.6) is 5.75 Å². The van der Waals surface area contributed by atoms with Gasteiger partial charge < -0.3 is 4.74 Å². The lowest BCUT2D eigenvalue weighted by molar-refractivity contribution is -0.115. The minimum absolute atomic E-state index is 0.118. The van der Waals surface area contributed by atoms with E-state index in [4.69, 9.17) is 4.74 Å². The number of thiazole rings is 1. The maximum atomic E-state index is 12.4. The molecule has 0 atom stereocenters. The van der Waals surface area contributed by atoms with Gasteiger partial charge in [-0.25, -0.2) is 4.98 Å². The van der Waals surface area contributed by atoms with E-state index < -0.39 is 0 Å². The summed E-state index contributed by atoms with van der Waals surface area (Å²) in [5.74, 6) is 0.511. The Bertz CT molecular complexity index is 994. The number of anilines is 2. The molecule has 6 heteroatoms. The Morgan fingerprint density at radius 2 is 1.83 bits per heavy atom. The van der Waals surface area contributed by atoms with Crippen LogP contribution in [0.15, 0.2) is 66.1 Å². The Balaban J connectivity index is 1.71. The van der Waals surface area contributed by atoms with Gasteiger partial charge in [-0.15, -0.1) is 11.3 Å². The lowest BCUT2D eigenvalue weighted by atomic mass is 10.1. The molecule has 3 rings (SSSR count). The molecule has 29 heavy (non-hydrogen) atoms. The van der Waals surface area contributed by atoms with Crippen molar-refractivity contribution in [3.05, 3.63) is 77.3 Å². The smallest absolute Gasteiger partial charge is 0.230 e. The molecule has 0 radical (unpaired) electrons. The van der Waals surface area contributed by atoms with E-state index in [-0.39, 0.29) is 11.7 Å². The first-order chi connectivity index (χ1) is 14.1. The molecule has 5 nitrogen and oxygen atoms in total. The molecule has 148 valence electrons. The molecule has 1 aromatic heterocycles. The predicted octanol–water partition coefficient (Wildman–Crippen LogP) is 5.51. The van der Waals surface area contributed by atoms with Crippen LogP contribution in [0, 0.1) is 0 Å². The summed E-state index contributed by atoms with van der Waals surface area (Å²) in [7, 11) is 0. The molecule has 0 aliphatic carbocycles. The number of aromatic nitrogens is 1. The highest BCUT2D eigenvalue weighted by Crippen LogP contribution is 2.29. The standard InChI is InChI=1S/C23H22N2O3S/c1-3-15-28-21-12-9-18(10-13-21)22(27)14-11-19-16-29-23(24-19)25(17(2)26)20-7-5-4-6-8-20/h4-14,16H,3,15H2,1-2H3/b14-11+. The van der Waals surface area contributed by atoms with E-state index >= 15 is 0 Å². The number of carbonyl (C=O) groups is 2. The van der Waals surface area contributed by atoms with Gasteiger partial charge >= 0.3 is 0 Å². The van der Waals surface area contributed by atoms with E-state index in [0.29, 0.717) is 23.0 Å². The van der Waals surface area contributed by atoms with Gasteiger partial charge in [-0.05, 0) is 55.0 Å². The fourth-order valence-corrected chi connectivity index (χ4v) is 3.51. The maximum Gasteiger partial charge on any atom is 0.230 e. The number of rotatable bonds is 8. The summed E-state index contributed by atoms with van der Waals surface area (Å²) >= 11 is 1.35. The first-order valence-corrected chi connectivity index (χ1v) is 10.2. The second-order valence-electron chi connectivity index (χ2n) is 6.32. The van der Waals surface area contributed by atoms with Crippen molar-refractivity contribution in [2.75, 3.05) is 11.5 Å². The third-order valence-corrected chi connectivity index (χ3v) is 4.89. The summed E-state index contributed by atoms with van der Waals surface area (Å²) in [6.07, 6.45) is 4.08. The monoisotopic (exact) mass is 406 g/mol. The van der Waals surface area contributed by atoms with Crippen molar-refractivity contribution < 1.29 is 14.3 Å². The highest BCUT2D eigenvalue weighted by atomic mass is 32.1. The lowest BCUT2D eigenvalue weighted by Crippen LogP contribution is -2.22. The fourth-order valence-electron chi connectivity index (χ4n) is 2.65. The molecule has 0 saturated heterocycles. The molecule has 0 unspecified atom stereocenters. The van der Waals surface area contributed by atoms with Gasteiger partial charge in [-0.3, -0.25) is 14.5 Å². The number of hydrogen-bond donors (Lipinski definition) is 0. The number of hydrogen-bond acceptors (Lipinski definition) is 5. The Labute approximate surface area is 174 Å². The third-order valence-electron chi connectivity index (χ3n) is 4.05. The van der Waals surface area contributed by atoms with E-state index in [9.17, 15) is 9.59 Å². The highest BCUT2D eigenvalue weighted by molar-refractivity contribution is 7.14. The van der Waals surface area contributed by atoms with Crippen LogP contribution in [0.2, 0.25) is 0 Å². The maximum absolute atomic E-state index is 12.4. The minimum atomic E-state index is -0.123. The van der Waals surface area contributed by atoms with E-state index in [0.717, 1.165) is 17.9 Å². The topological polar surface area (TPSA) is 59.5 Å². The van der Waals surface area contributed by atoms with Crippen LogP contribution >= 0.6 is 11.3 Å². The summed E-state index contributed by atoms with van der Waals surface area (Å²) in [4.78, 5) is 30.5. The minimum Gasteiger partial charge on any atom is -0.494 e. The van der Waals surface area contributed by atoms with Crippen molar-refractivity contribution in [2.45, 2.75) is 20.3 Å². The SMILES string of the molecule is CCCOc1ccc(C(=O)/C=C/c2csc(N(C(C)=O)c3ccccc3)n2)cc1. The number of para-hydroxylation sites is 1. The molecule has 1 amide bonds. The van der Waals surface area contributed by atoms with E-state index in [2.05, 4.69) is 4.98 Å². The van der Waals surface area contributed by atoms with Crippen LogP contribution in [-0.2, 0) is 4.79 Å². The normalized spacial score (nSPS) is 10.8. The van der Waals surface area contributed by atoms with Gasteiger partial charge in [0.1, 0.15) is 5.75 Å². The van der Waals surface area contributed by atoms with Gasteiger partial charge in [-0.1, -0.05) is 25.1 Å². The molecule has 0 bridgehead atoms. The zero-order valence-electron chi connectivity index (χ0n) is 16.4. The number of allylic oxidation sites excluding steroid dienone is 1. The van der Waals surface area contributed by atoms with Crippen LogP contribution in [0.4, 0.5) is 10.8 Å². The van der Waals surface area contributed by atoms with Crippen molar-refractivity contribution in [1.82, 2.24) is 4.98 Å². The summed E-state index contributed by atoms with van der Waals surface area (Å²) in [6, 6.07) is 16.4. The molecular formula is C23H22N2O3S. The van der Waals surface area contributed by atoms with Gasteiger partial charge in [0, 0.05) is 17.9 Å². The summed E-state index contributed by atoms with van der Waals surface area (Å²) in [5, 5.41) is 2.38. The van der Waals surface area contributed by atoms with Crippen molar-refractivity contribution in [2.24, 2.45) is 0 Å². The molecule has 3 aromatic rings. The average Bonchev–Trinajstić information content (AvgIpc) is 3.20. The van der Waals surface area contributed by atoms with Crippen LogP contribution < -0.4 is 9.64 Å². The van der Waals surface area contributed by atoms with Crippen molar-refractivity contribution in [3.8, 4) is 5.75 Å². The number of ether oxygens (including phenoxy) is 1. The zero-order chi connectivity index (χ0) is 20.6. The molecule has 0 aliphatic rings. The predicted molar refractivity (Wildman–Crippen MR) is 117 cm³/mol. The average molecular weight is 407 g/mol. The van der Waals surface area contributed by atoms with Crippen molar-refractivity contribution >= 4 is 39.9 Å². The number of nitrogens with zero attached hydrogens (tertiary/aromatic N) is 2.